The number of amides is 1. The first-order chi connectivity index (χ1) is 12.7. The lowest BCUT2D eigenvalue weighted by Crippen LogP contribution is -2.29. The van der Waals surface area contributed by atoms with Crippen molar-refractivity contribution in [1.82, 2.24) is 10.5 Å². The molecule has 0 spiro atoms. The Labute approximate surface area is 153 Å². The van der Waals surface area contributed by atoms with E-state index in [1.165, 1.54) is 0 Å². The second-order valence-electron chi connectivity index (χ2n) is 6.01. The van der Waals surface area contributed by atoms with Crippen molar-refractivity contribution in [2.24, 2.45) is 0 Å². The third kappa shape index (κ3) is 4.11. The van der Waals surface area contributed by atoms with Gasteiger partial charge in [0, 0.05) is 0 Å². The van der Waals surface area contributed by atoms with Gasteiger partial charge < -0.3 is 14.6 Å². The monoisotopic (exact) mass is 350 g/mol. The molecule has 0 radical (unpaired) electrons. The Balaban J connectivity index is 1.73. The van der Waals surface area contributed by atoms with Crippen LogP contribution in [0.15, 0.2) is 65.2 Å². The van der Waals surface area contributed by atoms with E-state index in [9.17, 15) is 4.79 Å². The maximum atomic E-state index is 12.7. The quantitative estimate of drug-likeness (QED) is 0.684. The lowest BCUT2D eigenvalue weighted by Gasteiger charge is -2.17. The molecule has 5 nitrogen and oxygen atoms in total. The second kappa shape index (κ2) is 8.34. The highest BCUT2D eigenvalue weighted by Gasteiger charge is 2.22. The van der Waals surface area contributed by atoms with Crippen LogP contribution in [0.25, 0.3) is 0 Å². The number of benzene rings is 2. The molecule has 0 aliphatic heterocycles. The van der Waals surface area contributed by atoms with Crippen molar-refractivity contribution in [3.8, 4) is 5.75 Å². The number of ether oxygens (including phenoxy) is 1. The van der Waals surface area contributed by atoms with Crippen LogP contribution in [0.1, 0.15) is 46.8 Å². The van der Waals surface area contributed by atoms with Crippen molar-refractivity contribution in [2.45, 2.75) is 32.9 Å². The van der Waals surface area contributed by atoms with Gasteiger partial charge >= 0.3 is 0 Å². The third-order valence-electron chi connectivity index (χ3n) is 4.24. The maximum Gasteiger partial charge on any atom is 0.274 e. The van der Waals surface area contributed by atoms with E-state index >= 15 is 0 Å². The molecule has 3 aromatic rings. The molecule has 134 valence electrons. The van der Waals surface area contributed by atoms with Crippen LogP contribution in [-0.4, -0.2) is 11.1 Å². The van der Waals surface area contributed by atoms with Gasteiger partial charge in [-0.05, 0) is 31.0 Å². The van der Waals surface area contributed by atoms with Crippen LogP contribution in [0.3, 0.4) is 0 Å². The Morgan fingerprint density at radius 3 is 2.42 bits per heavy atom. The van der Waals surface area contributed by atoms with Crippen LogP contribution >= 0.6 is 0 Å². The zero-order valence-corrected chi connectivity index (χ0v) is 14.9. The van der Waals surface area contributed by atoms with Crippen LogP contribution in [0.4, 0.5) is 0 Å². The summed E-state index contributed by atoms with van der Waals surface area (Å²) in [6, 6.07) is 19.3. The van der Waals surface area contributed by atoms with Gasteiger partial charge in [0.05, 0.1) is 11.6 Å². The van der Waals surface area contributed by atoms with Crippen LogP contribution in [0.5, 0.6) is 5.75 Å². The third-order valence-corrected chi connectivity index (χ3v) is 4.24. The number of nitrogens with zero attached hydrogens (tertiary/aromatic N) is 1. The molecule has 1 unspecified atom stereocenters. The van der Waals surface area contributed by atoms with Crippen molar-refractivity contribution in [1.29, 1.82) is 0 Å². The lowest BCUT2D eigenvalue weighted by atomic mass is 10.0. The molecule has 1 amide bonds. The highest BCUT2D eigenvalue weighted by Crippen LogP contribution is 2.20. The first kappa shape index (κ1) is 17.7. The highest BCUT2D eigenvalue weighted by molar-refractivity contribution is 5.94. The number of para-hydroxylation sites is 1. The largest absolute Gasteiger partial charge is 0.489 e. The van der Waals surface area contributed by atoms with Crippen LogP contribution in [-0.2, 0) is 6.61 Å². The summed E-state index contributed by atoms with van der Waals surface area (Å²) >= 11 is 0. The number of aryl methyl sites for hydroxylation is 1. The summed E-state index contributed by atoms with van der Waals surface area (Å²) in [5, 5.41) is 6.98. The van der Waals surface area contributed by atoms with E-state index in [0.29, 0.717) is 11.3 Å². The Morgan fingerprint density at radius 2 is 1.77 bits per heavy atom. The van der Waals surface area contributed by atoms with Crippen molar-refractivity contribution < 1.29 is 14.1 Å². The van der Waals surface area contributed by atoms with Gasteiger partial charge in [-0.1, -0.05) is 60.6 Å². The van der Waals surface area contributed by atoms with Gasteiger partial charge in [0.2, 0.25) is 0 Å². The molecule has 2 aromatic carbocycles. The first-order valence-electron chi connectivity index (χ1n) is 8.67. The number of hydrogen-bond acceptors (Lipinski definition) is 4. The zero-order valence-electron chi connectivity index (χ0n) is 14.9. The van der Waals surface area contributed by atoms with E-state index < -0.39 is 0 Å². The fourth-order valence-electron chi connectivity index (χ4n) is 2.74. The van der Waals surface area contributed by atoms with Crippen molar-refractivity contribution in [3.05, 3.63) is 83.2 Å². The highest BCUT2D eigenvalue weighted by atomic mass is 16.5. The van der Waals surface area contributed by atoms with Gasteiger partial charge in [-0.2, -0.15) is 0 Å². The Bertz CT molecular complexity index is 844. The molecule has 1 heterocycles. The van der Waals surface area contributed by atoms with Gasteiger partial charge in [0.1, 0.15) is 18.1 Å². The van der Waals surface area contributed by atoms with E-state index in [4.69, 9.17) is 9.26 Å². The average molecular weight is 350 g/mol. The molecule has 3 rings (SSSR count). The summed E-state index contributed by atoms with van der Waals surface area (Å²) in [5.74, 6) is 1.05. The summed E-state index contributed by atoms with van der Waals surface area (Å²) in [5.41, 5.74) is 1.99. The van der Waals surface area contributed by atoms with Gasteiger partial charge in [-0.15, -0.1) is 0 Å². The van der Waals surface area contributed by atoms with Crippen LogP contribution in [0, 0.1) is 6.92 Å². The smallest absolute Gasteiger partial charge is 0.274 e. The molecule has 0 saturated heterocycles. The number of nitrogens with one attached hydrogen (secondary N) is 1. The predicted octanol–water partition coefficient (Wildman–Crippen LogP) is 4.44. The number of carbonyl (C=O) groups is 1. The minimum absolute atomic E-state index is 0.0800. The summed E-state index contributed by atoms with van der Waals surface area (Å²) in [6.07, 6.45) is 0.780. The van der Waals surface area contributed by atoms with E-state index in [-0.39, 0.29) is 24.2 Å². The molecule has 0 saturated carbocycles. The summed E-state index contributed by atoms with van der Waals surface area (Å²) < 4.78 is 11.0. The van der Waals surface area contributed by atoms with E-state index in [1.807, 2.05) is 67.6 Å². The fraction of sp³-hybridized carbons (Fsp3) is 0.238. The minimum atomic E-state index is -0.260. The molecule has 0 fully saturated rings. The molecule has 1 aromatic heterocycles. The van der Waals surface area contributed by atoms with E-state index in [1.54, 1.807) is 6.92 Å². The molecular formula is C21H22N2O3. The molecule has 0 bridgehead atoms. The molecule has 0 aliphatic carbocycles. The van der Waals surface area contributed by atoms with Gasteiger partial charge in [-0.25, -0.2) is 0 Å². The fourth-order valence-corrected chi connectivity index (χ4v) is 2.74. The van der Waals surface area contributed by atoms with Crippen molar-refractivity contribution in [2.75, 3.05) is 0 Å². The molecule has 5 heteroatoms. The Hall–Kier alpha value is -3.08. The number of aromatic nitrogens is 1. The number of hydrogen-bond donors (Lipinski definition) is 1. The molecule has 1 N–H and O–H groups in total. The summed E-state index contributed by atoms with van der Waals surface area (Å²) in [7, 11) is 0. The standard InChI is InChI=1S/C21H22N2O3/c1-3-19(16-10-6-4-7-11-16)22-21(24)20-18(15(2)26-23-20)14-25-17-12-8-5-9-13-17/h4-13,19H,3,14H2,1-2H3,(H,22,24). The molecule has 1 atom stereocenters. The molecular weight excluding hydrogens is 328 g/mol. The topological polar surface area (TPSA) is 64.4 Å². The molecule has 0 aliphatic rings. The van der Waals surface area contributed by atoms with E-state index in [2.05, 4.69) is 10.5 Å². The predicted molar refractivity (Wildman–Crippen MR) is 99.0 cm³/mol. The molecule has 26 heavy (non-hydrogen) atoms. The van der Waals surface area contributed by atoms with Crippen LogP contribution in [0.2, 0.25) is 0 Å². The average Bonchev–Trinajstić information content (AvgIpc) is 3.06. The Kier molecular flexibility index (Phi) is 5.69. The Morgan fingerprint density at radius 1 is 1.12 bits per heavy atom. The normalized spacial score (nSPS) is 11.8. The minimum Gasteiger partial charge on any atom is -0.489 e. The van der Waals surface area contributed by atoms with Gasteiger partial charge in [0.15, 0.2) is 5.69 Å². The maximum absolute atomic E-state index is 12.7. The summed E-state index contributed by atoms with van der Waals surface area (Å²) in [6.45, 7) is 4.04. The van der Waals surface area contributed by atoms with Gasteiger partial charge in [0.25, 0.3) is 5.91 Å². The SMILES string of the molecule is CCC(NC(=O)c1noc(C)c1COc1ccccc1)c1ccccc1. The van der Waals surface area contributed by atoms with Crippen LogP contribution < -0.4 is 10.1 Å². The number of carbonyl (C=O) groups excluding carboxylic acids is 1. The van der Waals surface area contributed by atoms with Gasteiger partial charge in [-0.3, -0.25) is 4.79 Å². The van der Waals surface area contributed by atoms with Crippen molar-refractivity contribution >= 4 is 5.91 Å². The van der Waals surface area contributed by atoms with E-state index in [0.717, 1.165) is 17.7 Å². The second-order valence-corrected chi connectivity index (χ2v) is 6.01. The first-order valence-corrected chi connectivity index (χ1v) is 8.67. The lowest BCUT2D eigenvalue weighted by molar-refractivity contribution is 0.0924. The van der Waals surface area contributed by atoms with Crippen molar-refractivity contribution in [3.63, 3.8) is 0 Å². The zero-order chi connectivity index (χ0) is 18.4. The summed E-state index contributed by atoms with van der Waals surface area (Å²) in [4.78, 5) is 12.7. The number of rotatable bonds is 7.